The van der Waals surface area contributed by atoms with Crippen LogP contribution in [-0.2, 0) is 11.3 Å². The SMILES string of the molecule is Cc1cc(N2CCN(Cc3ccc(F)c(F)c3)C(=O)C2)n2ncnc2n1. The molecular weight excluding hydrogens is 342 g/mol. The number of amides is 1. The summed E-state index contributed by atoms with van der Waals surface area (Å²) in [6.07, 6.45) is 1.42. The molecular formula is C17H16F2N6O. The molecule has 3 aromatic rings. The Morgan fingerprint density at radius 3 is 2.77 bits per heavy atom. The molecule has 0 radical (unpaired) electrons. The number of hydrogen-bond acceptors (Lipinski definition) is 5. The molecule has 0 atom stereocenters. The van der Waals surface area contributed by atoms with Gasteiger partial charge in [-0.1, -0.05) is 6.07 Å². The molecule has 1 amide bonds. The second-order valence-corrected chi connectivity index (χ2v) is 6.21. The van der Waals surface area contributed by atoms with Crippen molar-refractivity contribution >= 4 is 17.5 Å². The van der Waals surface area contributed by atoms with Crippen molar-refractivity contribution in [3.8, 4) is 0 Å². The van der Waals surface area contributed by atoms with Crippen LogP contribution < -0.4 is 4.90 Å². The topological polar surface area (TPSA) is 66.6 Å². The molecule has 1 aromatic carbocycles. The van der Waals surface area contributed by atoms with Gasteiger partial charge in [0.1, 0.15) is 12.1 Å². The molecule has 0 spiro atoms. The first-order valence-corrected chi connectivity index (χ1v) is 8.15. The fourth-order valence-corrected chi connectivity index (χ4v) is 3.07. The van der Waals surface area contributed by atoms with Gasteiger partial charge in [-0.2, -0.15) is 14.6 Å². The molecule has 134 valence electrons. The lowest BCUT2D eigenvalue weighted by molar-refractivity contribution is -0.131. The Hall–Kier alpha value is -3.10. The van der Waals surface area contributed by atoms with Crippen LogP contribution in [0.2, 0.25) is 0 Å². The van der Waals surface area contributed by atoms with Crippen molar-refractivity contribution in [1.29, 1.82) is 0 Å². The van der Waals surface area contributed by atoms with Crippen LogP contribution in [0.5, 0.6) is 0 Å². The molecule has 0 unspecified atom stereocenters. The number of benzene rings is 1. The van der Waals surface area contributed by atoms with Crippen molar-refractivity contribution in [3.63, 3.8) is 0 Å². The van der Waals surface area contributed by atoms with Crippen LogP contribution in [-0.4, -0.2) is 50.0 Å². The van der Waals surface area contributed by atoms with Crippen LogP contribution in [0.4, 0.5) is 14.6 Å². The summed E-state index contributed by atoms with van der Waals surface area (Å²) in [7, 11) is 0. The summed E-state index contributed by atoms with van der Waals surface area (Å²) >= 11 is 0. The molecule has 4 rings (SSSR count). The zero-order valence-corrected chi connectivity index (χ0v) is 14.1. The number of piperazine rings is 1. The Morgan fingerprint density at radius 1 is 1.15 bits per heavy atom. The van der Waals surface area contributed by atoms with Gasteiger partial charge in [0.05, 0.1) is 6.54 Å². The van der Waals surface area contributed by atoms with E-state index in [0.717, 1.165) is 23.6 Å². The minimum atomic E-state index is -0.908. The number of nitrogens with zero attached hydrogens (tertiary/aromatic N) is 6. The van der Waals surface area contributed by atoms with Gasteiger partial charge in [0, 0.05) is 31.4 Å². The maximum atomic E-state index is 13.4. The first-order chi connectivity index (χ1) is 12.5. The minimum absolute atomic E-state index is 0.0938. The van der Waals surface area contributed by atoms with Crippen LogP contribution in [0.15, 0.2) is 30.6 Å². The van der Waals surface area contributed by atoms with E-state index in [9.17, 15) is 13.6 Å². The van der Waals surface area contributed by atoms with Crippen LogP contribution in [0.1, 0.15) is 11.3 Å². The fourth-order valence-electron chi connectivity index (χ4n) is 3.07. The summed E-state index contributed by atoms with van der Waals surface area (Å²) in [6.45, 7) is 3.34. The van der Waals surface area contributed by atoms with E-state index in [0.29, 0.717) is 24.4 Å². The summed E-state index contributed by atoms with van der Waals surface area (Å²) in [5.41, 5.74) is 1.35. The van der Waals surface area contributed by atoms with Gasteiger partial charge in [0.25, 0.3) is 5.78 Å². The molecule has 26 heavy (non-hydrogen) atoms. The molecule has 1 aliphatic heterocycles. The average Bonchev–Trinajstić information content (AvgIpc) is 3.07. The van der Waals surface area contributed by atoms with Gasteiger partial charge in [-0.15, -0.1) is 0 Å². The lowest BCUT2D eigenvalue weighted by Crippen LogP contribution is -2.50. The second-order valence-electron chi connectivity index (χ2n) is 6.21. The van der Waals surface area contributed by atoms with Crippen molar-refractivity contribution in [1.82, 2.24) is 24.5 Å². The summed E-state index contributed by atoms with van der Waals surface area (Å²) in [5, 5.41) is 4.16. The quantitative estimate of drug-likeness (QED) is 0.711. The summed E-state index contributed by atoms with van der Waals surface area (Å²) in [6, 6.07) is 5.55. The van der Waals surface area contributed by atoms with Gasteiger partial charge in [-0.3, -0.25) is 4.79 Å². The van der Waals surface area contributed by atoms with Crippen LogP contribution in [0.25, 0.3) is 5.78 Å². The van der Waals surface area contributed by atoms with Crippen LogP contribution >= 0.6 is 0 Å². The lowest BCUT2D eigenvalue weighted by Gasteiger charge is -2.35. The zero-order chi connectivity index (χ0) is 18.3. The molecule has 0 saturated carbocycles. The van der Waals surface area contributed by atoms with E-state index < -0.39 is 11.6 Å². The number of aryl methyl sites for hydroxylation is 1. The zero-order valence-electron chi connectivity index (χ0n) is 14.1. The first-order valence-electron chi connectivity index (χ1n) is 8.15. The van der Waals surface area contributed by atoms with Crippen molar-refractivity contribution in [2.45, 2.75) is 13.5 Å². The molecule has 0 N–H and O–H groups in total. The van der Waals surface area contributed by atoms with E-state index in [1.807, 2.05) is 17.9 Å². The summed E-state index contributed by atoms with van der Waals surface area (Å²) in [5.74, 6) is -0.657. The van der Waals surface area contributed by atoms with Gasteiger partial charge in [-0.25, -0.2) is 13.8 Å². The van der Waals surface area contributed by atoms with Crippen molar-refractivity contribution in [3.05, 3.63) is 53.5 Å². The third-order valence-corrected chi connectivity index (χ3v) is 4.36. The number of fused-ring (bicyclic) bond motifs is 1. The van der Waals surface area contributed by atoms with Crippen LogP contribution in [0, 0.1) is 18.6 Å². The maximum absolute atomic E-state index is 13.4. The monoisotopic (exact) mass is 358 g/mol. The molecule has 2 aromatic heterocycles. The second kappa shape index (κ2) is 6.32. The maximum Gasteiger partial charge on any atom is 0.254 e. The number of hydrogen-bond donors (Lipinski definition) is 0. The summed E-state index contributed by atoms with van der Waals surface area (Å²) in [4.78, 5) is 24.5. The Kier molecular flexibility index (Phi) is 3.98. The normalized spacial score (nSPS) is 15.1. The number of anilines is 1. The Bertz CT molecular complexity index is 989. The van der Waals surface area contributed by atoms with Gasteiger partial charge in [0.15, 0.2) is 11.6 Å². The molecule has 1 saturated heterocycles. The van der Waals surface area contributed by atoms with E-state index >= 15 is 0 Å². The fraction of sp³-hybridized carbons (Fsp3) is 0.294. The van der Waals surface area contributed by atoms with E-state index in [1.165, 1.54) is 12.4 Å². The Morgan fingerprint density at radius 2 is 2.00 bits per heavy atom. The average molecular weight is 358 g/mol. The van der Waals surface area contributed by atoms with Gasteiger partial charge >= 0.3 is 0 Å². The highest BCUT2D eigenvalue weighted by Gasteiger charge is 2.26. The van der Waals surface area contributed by atoms with Gasteiger partial charge in [0.2, 0.25) is 5.91 Å². The third kappa shape index (κ3) is 2.96. The first kappa shape index (κ1) is 16.4. The molecule has 1 fully saturated rings. The van der Waals surface area contributed by atoms with E-state index in [1.54, 1.807) is 9.42 Å². The Balaban J connectivity index is 1.52. The number of rotatable bonds is 3. The number of halogens is 2. The highest BCUT2D eigenvalue weighted by atomic mass is 19.2. The number of carbonyl (C=O) groups excluding carboxylic acids is 1. The number of aromatic nitrogens is 4. The number of carbonyl (C=O) groups is 1. The highest BCUT2D eigenvalue weighted by Crippen LogP contribution is 2.19. The standard InChI is InChI=1S/C17H16F2N6O/c1-11-6-15(25-17(22-11)20-10-21-25)23-4-5-24(16(26)9-23)8-12-2-3-13(18)14(19)7-12/h2-3,6-7,10H,4-5,8-9H2,1H3. The lowest BCUT2D eigenvalue weighted by atomic mass is 10.2. The van der Waals surface area contributed by atoms with Crippen molar-refractivity contribution < 1.29 is 13.6 Å². The predicted octanol–water partition coefficient (Wildman–Crippen LogP) is 1.56. The molecule has 1 aliphatic rings. The van der Waals surface area contributed by atoms with E-state index in [2.05, 4.69) is 15.1 Å². The minimum Gasteiger partial charge on any atom is -0.345 e. The summed E-state index contributed by atoms with van der Waals surface area (Å²) < 4.78 is 28.0. The van der Waals surface area contributed by atoms with Crippen molar-refractivity contribution in [2.75, 3.05) is 24.5 Å². The molecule has 9 heteroatoms. The highest BCUT2D eigenvalue weighted by molar-refractivity contribution is 5.82. The van der Waals surface area contributed by atoms with Crippen molar-refractivity contribution in [2.24, 2.45) is 0 Å². The molecule has 0 bridgehead atoms. The smallest absolute Gasteiger partial charge is 0.254 e. The largest absolute Gasteiger partial charge is 0.345 e. The van der Waals surface area contributed by atoms with E-state index in [4.69, 9.17) is 0 Å². The molecule has 7 nitrogen and oxygen atoms in total. The predicted molar refractivity (Wildman–Crippen MR) is 89.5 cm³/mol. The third-order valence-electron chi connectivity index (χ3n) is 4.36. The van der Waals surface area contributed by atoms with E-state index in [-0.39, 0.29) is 19.0 Å². The van der Waals surface area contributed by atoms with Gasteiger partial charge < -0.3 is 9.80 Å². The van der Waals surface area contributed by atoms with Gasteiger partial charge in [-0.05, 0) is 24.6 Å². The molecule has 0 aliphatic carbocycles. The Labute approximate surface area is 147 Å². The van der Waals surface area contributed by atoms with Crippen LogP contribution in [0.3, 0.4) is 0 Å². The molecule has 3 heterocycles.